The first-order chi connectivity index (χ1) is 21.9. The fraction of sp³-hybridized carbons (Fsp3) is 0.400. The van der Waals surface area contributed by atoms with Crippen LogP contribution in [-0.4, -0.2) is 70.7 Å². The van der Waals surface area contributed by atoms with Gasteiger partial charge in [-0.2, -0.15) is 25.4 Å². The number of piperidine rings is 2. The number of rotatable bonds is 4. The van der Waals surface area contributed by atoms with Gasteiger partial charge in [-0.15, -0.1) is 0 Å². The van der Waals surface area contributed by atoms with Crippen molar-refractivity contribution in [2.75, 3.05) is 26.2 Å². The Morgan fingerprint density at radius 2 is 1.00 bits per heavy atom. The van der Waals surface area contributed by atoms with Crippen LogP contribution in [0.3, 0.4) is 0 Å². The lowest BCUT2D eigenvalue weighted by molar-refractivity contribution is 0.232. The number of hydrogen-bond acceptors (Lipinski definition) is 6. The van der Waals surface area contributed by atoms with Crippen molar-refractivity contribution in [1.82, 2.24) is 27.7 Å². The highest BCUT2D eigenvalue weighted by Gasteiger charge is 2.39. The topological polar surface area (TPSA) is 162 Å². The van der Waals surface area contributed by atoms with E-state index in [4.69, 9.17) is 10.3 Å². The molecule has 0 amide bonds. The third-order valence-electron chi connectivity index (χ3n) is 9.76. The summed E-state index contributed by atoms with van der Waals surface area (Å²) in [6.45, 7) is 1.67. The van der Waals surface area contributed by atoms with E-state index in [0.29, 0.717) is 26.2 Å². The Morgan fingerprint density at radius 1 is 0.630 bits per heavy atom. The highest BCUT2D eigenvalue weighted by molar-refractivity contribution is 7.87. The van der Waals surface area contributed by atoms with E-state index in [-0.39, 0.29) is 35.6 Å². The molecule has 4 aromatic rings. The zero-order chi connectivity index (χ0) is 32.4. The van der Waals surface area contributed by atoms with Crippen molar-refractivity contribution in [2.45, 2.75) is 37.8 Å². The molecule has 2 aromatic heterocycles. The first-order valence-electron chi connectivity index (χ1n) is 15.1. The van der Waals surface area contributed by atoms with Crippen LogP contribution in [0.25, 0.3) is 22.5 Å². The largest absolute Gasteiger partial charge is 0.323 e. The summed E-state index contributed by atoms with van der Waals surface area (Å²) in [5.41, 5.74) is 5.75. The van der Waals surface area contributed by atoms with Crippen molar-refractivity contribution in [1.29, 1.82) is 0 Å². The van der Waals surface area contributed by atoms with Crippen LogP contribution in [0.15, 0.2) is 61.4 Å². The number of nitrogens with two attached hydrogens (primary N) is 2. The summed E-state index contributed by atoms with van der Waals surface area (Å²) in [4.78, 5) is 8.37. The molecule has 244 valence electrons. The molecule has 16 heteroatoms. The van der Waals surface area contributed by atoms with E-state index >= 15 is 0 Å². The van der Waals surface area contributed by atoms with Crippen LogP contribution in [-0.2, 0) is 20.4 Å². The summed E-state index contributed by atoms with van der Waals surface area (Å²) < 4.78 is 79.8. The highest BCUT2D eigenvalue weighted by Crippen LogP contribution is 2.47. The number of benzene rings is 2. The molecule has 2 unspecified atom stereocenters. The number of fused-ring (bicyclic) bond motifs is 6. The van der Waals surface area contributed by atoms with E-state index < -0.39 is 20.4 Å². The molecule has 4 aliphatic rings. The Morgan fingerprint density at radius 3 is 1.35 bits per heavy atom. The predicted molar refractivity (Wildman–Crippen MR) is 166 cm³/mol. The average Bonchev–Trinajstić information content (AvgIpc) is 3.79. The van der Waals surface area contributed by atoms with Gasteiger partial charge in [-0.05, 0) is 72.9 Å². The molecule has 0 aliphatic carbocycles. The van der Waals surface area contributed by atoms with Crippen molar-refractivity contribution in [3.05, 3.63) is 84.2 Å². The fourth-order valence-electron chi connectivity index (χ4n) is 7.64. The number of imidazole rings is 2. The lowest BCUT2D eigenvalue weighted by atomic mass is 9.86. The van der Waals surface area contributed by atoms with E-state index in [1.807, 2.05) is 12.1 Å². The van der Waals surface area contributed by atoms with Gasteiger partial charge in [0.05, 0.1) is 48.5 Å². The Hall–Kier alpha value is -3.54. The van der Waals surface area contributed by atoms with Gasteiger partial charge in [0.2, 0.25) is 0 Å². The molecule has 6 heterocycles. The molecule has 2 saturated heterocycles. The SMILES string of the molecule is NS(=O)(=O)N1CCC(C2c3ccc(F)cc3-c3cncn32)CC1.NS(=O)(=O)N1CCC(C2c3ccc(F)cc3-c3cncn32)CC1. The molecule has 2 atom stereocenters. The number of halogens is 2. The highest BCUT2D eigenvalue weighted by atomic mass is 32.2. The van der Waals surface area contributed by atoms with Crippen LogP contribution >= 0.6 is 0 Å². The average molecular weight is 673 g/mol. The third-order valence-corrected chi connectivity index (χ3v) is 11.9. The summed E-state index contributed by atoms with van der Waals surface area (Å²) >= 11 is 0. The van der Waals surface area contributed by atoms with Crippen LogP contribution in [0, 0.1) is 23.5 Å². The van der Waals surface area contributed by atoms with Gasteiger partial charge in [-0.3, -0.25) is 0 Å². The van der Waals surface area contributed by atoms with Crippen molar-refractivity contribution in [2.24, 2.45) is 22.1 Å². The Labute approximate surface area is 266 Å². The quantitative estimate of drug-likeness (QED) is 0.339. The lowest BCUT2D eigenvalue weighted by Crippen LogP contribution is -2.43. The molecule has 46 heavy (non-hydrogen) atoms. The lowest BCUT2D eigenvalue weighted by Gasteiger charge is -2.34. The van der Waals surface area contributed by atoms with Crippen LogP contribution in [0.1, 0.15) is 48.9 Å². The Kier molecular flexibility index (Phi) is 7.84. The minimum absolute atomic E-state index is 0.0747. The molecule has 0 radical (unpaired) electrons. The summed E-state index contributed by atoms with van der Waals surface area (Å²) in [5, 5.41) is 10.4. The van der Waals surface area contributed by atoms with Gasteiger partial charge in [-0.25, -0.2) is 29.0 Å². The smallest absolute Gasteiger partial charge is 0.276 e. The summed E-state index contributed by atoms with van der Waals surface area (Å²) in [6.07, 6.45) is 9.90. The normalized spacial score (nSPS) is 22.1. The Bertz CT molecular complexity index is 1860. The van der Waals surface area contributed by atoms with Crippen LogP contribution in [0.5, 0.6) is 0 Å². The molecule has 0 spiro atoms. The van der Waals surface area contributed by atoms with Crippen LogP contribution in [0.4, 0.5) is 8.78 Å². The molecular weight excluding hydrogens is 639 g/mol. The second-order valence-electron chi connectivity index (χ2n) is 12.3. The first-order valence-corrected chi connectivity index (χ1v) is 18.1. The minimum Gasteiger partial charge on any atom is -0.323 e. The fourth-order valence-corrected chi connectivity index (χ4v) is 9.08. The number of nitrogens with zero attached hydrogens (tertiary/aromatic N) is 6. The van der Waals surface area contributed by atoms with Gasteiger partial charge in [0, 0.05) is 37.3 Å². The monoisotopic (exact) mass is 672 g/mol. The van der Waals surface area contributed by atoms with Gasteiger partial charge in [0.15, 0.2) is 0 Å². The van der Waals surface area contributed by atoms with Crippen LogP contribution < -0.4 is 10.3 Å². The van der Waals surface area contributed by atoms with Gasteiger partial charge >= 0.3 is 0 Å². The van der Waals surface area contributed by atoms with Gasteiger partial charge in [-0.1, -0.05) is 12.1 Å². The molecule has 0 bridgehead atoms. The van der Waals surface area contributed by atoms with E-state index in [2.05, 4.69) is 19.1 Å². The molecule has 8 rings (SSSR count). The van der Waals surface area contributed by atoms with E-state index in [1.54, 1.807) is 37.2 Å². The van der Waals surface area contributed by atoms with Crippen molar-refractivity contribution in [3.63, 3.8) is 0 Å². The molecular formula is C30H34F2N8O4S2. The molecule has 12 nitrogen and oxygen atoms in total. The standard InChI is InChI=1S/2C15H17FN4O2S/c2*16-11-1-2-12-13(7-11)14-8-18-9-20(14)15(12)10-3-5-19(6-4-10)23(17,21)22/h2*1-2,7-10,15H,3-6H2,(H2,17,21,22). The summed E-state index contributed by atoms with van der Waals surface area (Å²) in [5.74, 6) is 0.0164. The molecule has 0 saturated carbocycles. The predicted octanol–water partition coefficient (Wildman–Crippen LogP) is 3.02. The molecule has 4 aliphatic heterocycles. The minimum atomic E-state index is -3.62. The zero-order valence-electron chi connectivity index (χ0n) is 24.8. The molecule has 4 N–H and O–H groups in total. The van der Waals surface area contributed by atoms with Crippen molar-refractivity contribution in [3.8, 4) is 22.5 Å². The summed E-state index contributed by atoms with van der Waals surface area (Å²) in [6, 6.07) is 9.85. The maximum Gasteiger partial charge on any atom is 0.276 e. The second kappa shape index (κ2) is 11.6. The summed E-state index contributed by atoms with van der Waals surface area (Å²) in [7, 11) is -7.25. The number of hydrogen-bond donors (Lipinski definition) is 2. The molecule has 2 fully saturated rings. The zero-order valence-corrected chi connectivity index (χ0v) is 26.4. The number of aromatic nitrogens is 4. The Balaban J connectivity index is 0.000000147. The van der Waals surface area contributed by atoms with Crippen molar-refractivity contribution >= 4 is 20.4 Å². The van der Waals surface area contributed by atoms with E-state index in [1.165, 1.54) is 20.7 Å². The first kappa shape index (κ1) is 31.1. The maximum atomic E-state index is 13.6. The second-order valence-corrected chi connectivity index (χ2v) is 15.4. The van der Waals surface area contributed by atoms with E-state index in [9.17, 15) is 25.6 Å². The van der Waals surface area contributed by atoms with Gasteiger partial charge < -0.3 is 9.13 Å². The maximum absolute atomic E-state index is 13.6. The van der Waals surface area contributed by atoms with Crippen molar-refractivity contribution < 1.29 is 25.6 Å². The third kappa shape index (κ3) is 5.56. The van der Waals surface area contributed by atoms with Gasteiger partial charge in [0.25, 0.3) is 20.4 Å². The van der Waals surface area contributed by atoms with Crippen LogP contribution in [0.2, 0.25) is 0 Å². The van der Waals surface area contributed by atoms with E-state index in [0.717, 1.165) is 59.3 Å². The molecule has 2 aromatic carbocycles. The van der Waals surface area contributed by atoms with Gasteiger partial charge in [0.1, 0.15) is 11.6 Å².